The van der Waals surface area contributed by atoms with E-state index in [1.54, 1.807) is 0 Å². The van der Waals surface area contributed by atoms with Crippen LogP contribution in [0.1, 0.15) is 91.4 Å². The molecule has 0 heterocycles. The Bertz CT molecular complexity index is 574. The van der Waals surface area contributed by atoms with Crippen molar-refractivity contribution < 1.29 is 15.0 Å². The second-order valence-corrected chi connectivity index (χ2v) is 11.1. The number of aliphatic hydroxyl groups excluding tert-OH is 1. The molecule has 0 amide bonds. The minimum atomic E-state index is -0.686. The summed E-state index contributed by atoms with van der Waals surface area (Å²) in [6.07, 6.45) is 12.6. The SMILES string of the molecule is C[C@@H](CCC(=O)O)[C@H]1CCC2C3CC[C@@H]4CCCC[C@]4(C)C3C[C@H](O)[C@@]21C. The van der Waals surface area contributed by atoms with Crippen LogP contribution in [0.15, 0.2) is 0 Å². The zero-order valence-electron chi connectivity index (χ0n) is 17.6. The number of aliphatic carboxylic acids is 1. The summed E-state index contributed by atoms with van der Waals surface area (Å²) in [5.74, 6) is 3.21. The first kappa shape index (κ1) is 19.7. The molecule has 4 aliphatic rings. The normalized spacial score (nSPS) is 50.4. The fourth-order valence-electron chi connectivity index (χ4n) is 8.77. The van der Waals surface area contributed by atoms with Gasteiger partial charge in [0.05, 0.1) is 6.10 Å². The van der Waals surface area contributed by atoms with Gasteiger partial charge in [0.15, 0.2) is 0 Å². The number of rotatable bonds is 4. The van der Waals surface area contributed by atoms with Crippen molar-refractivity contribution in [2.75, 3.05) is 0 Å². The van der Waals surface area contributed by atoms with E-state index >= 15 is 0 Å². The molecule has 0 aromatic carbocycles. The highest BCUT2D eigenvalue weighted by molar-refractivity contribution is 5.66. The highest BCUT2D eigenvalue weighted by Gasteiger charge is 2.63. The first-order chi connectivity index (χ1) is 12.8. The van der Waals surface area contributed by atoms with E-state index in [1.807, 2.05) is 0 Å². The fraction of sp³-hybridized carbons (Fsp3) is 0.958. The summed E-state index contributed by atoms with van der Waals surface area (Å²) in [5, 5.41) is 20.6. The molecule has 27 heavy (non-hydrogen) atoms. The summed E-state index contributed by atoms with van der Waals surface area (Å²) in [5.41, 5.74) is 0.452. The molecule has 154 valence electrons. The predicted octanol–water partition coefficient (Wildman–Crippen LogP) is 5.51. The molecular weight excluding hydrogens is 336 g/mol. The lowest BCUT2D eigenvalue weighted by atomic mass is 9.44. The zero-order chi connectivity index (χ0) is 19.4. The number of aliphatic hydroxyl groups is 1. The molecule has 4 fully saturated rings. The van der Waals surface area contributed by atoms with E-state index in [0.717, 1.165) is 24.7 Å². The lowest BCUT2D eigenvalue weighted by Crippen LogP contribution is -2.58. The summed E-state index contributed by atoms with van der Waals surface area (Å²) in [6, 6.07) is 0. The maximum Gasteiger partial charge on any atom is 0.303 e. The fourth-order valence-corrected chi connectivity index (χ4v) is 8.77. The van der Waals surface area contributed by atoms with E-state index in [0.29, 0.717) is 29.1 Å². The van der Waals surface area contributed by atoms with E-state index in [2.05, 4.69) is 20.8 Å². The number of carbonyl (C=O) groups is 1. The average molecular weight is 377 g/mol. The highest BCUT2D eigenvalue weighted by atomic mass is 16.4. The van der Waals surface area contributed by atoms with Crippen LogP contribution in [-0.4, -0.2) is 22.3 Å². The maximum absolute atomic E-state index is 11.5. The maximum atomic E-state index is 11.5. The Kier molecular flexibility index (Phi) is 5.15. The van der Waals surface area contributed by atoms with E-state index in [1.165, 1.54) is 51.4 Å². The largest absolute Gasteiger partial charge is 0.481 e. The molecule has 3 unspecified atom stereocenters. The zero-order valence-corrected chi connectivity index (χ0v) is 17.6. The third-order valence-corrected chi connectivity index (χ3v) is 10.3. The summed E-state index contributed by atoms with van der Waals surface area (Å²) < 4.78 is 0. The third-order valence-electron chi connectivity index (χ3n) is 10.3. The molecule has 4 aliphatic carbocycles. The molecule has 0 radical (unpaired) electrons. The molecule has 9 atom stereocenters. The molecule has 0 saturated heterocycles. The van der Waals surface area contributed by atoms with Crippen LogP contribution in [0.3, 0.4) is 0 Å². The van der Waals surface area contributed by atoms with Gasteiger partial charge in [0.2, 0.25) is 0 Å². The molecular formula is C24H40O3. The number of carboxylic acids is 1. The van der Waals surface area contributed by atoms with Gasteiger partial charge in [-0.25, -0.2) is 0 Å². The van der Waals surface area contributed by atoms with Gasteiger partial charge < -0.3 is 10.2 Å². The summed E-state index contributed by atoms with van der Waals surface area (Å²) in [7, 11) is 0. The highest BCUT2D eigenvalue weighted by Crippen LogP contribution is 2.68. The van der Waals surface area contributed by atoms with Gasteiger partial charge in [-0.05, 0) is 97.7 Å². The molecule has 3 heteroatoms. The Hall–Kier alpha value is -0.570. The molecule has 0 spiro atoms. The molecule has 3 nitrogen and oxygen atoms in total. The monoisotopic (exact) mass is 376 g/mol. The van der Waals surface area contributed by atoms with Crippen LogP contribution >= 0.6 is 0 Å². The van der Waals surface area contributed by atoms with Gasteiger partial charge in [0, 0.05) is 6.42 Å². The standard InChI is InChI=1S/C24H40O3/c1-15(7-12-22(26)27)18-10-11-19-17-9-8-16-6-4-5-13-23(16,2)20(17)14-21(25)24(18,19)3/h15-21,25H,4-14H2,1-3H3,(H,26,27)/t15-,16-,17?,18+,19?,20?,21-,23-,24+/m0/s1. The molecule has 0 aromatic rings. The summed E-state index contributed by atoms with van der Waals surface area (Å²) >= 11 is 0. The quantitative estimate of drug-likeness (QED) is 0.680. The van der Waals surface area contributed by atoms with E-state index < -0.39 is 5.97 Å². The lowest BCUT2D eigenvalue weighted by Gasteiger charge is -2.62. The average Bonchev–Trinajstić information content (AvgIpc) is 2.99. The van der Waals surface area contributed by atoms with Crippen molar-refractivity contribution in [3.8, 4) is 0 Å². The van der Waals surface area contributed by atoms with Crippen LogP contribution < -0.4 is 0 Å². The molecule has 4 saturated carbocycles. The van der Waals surface area contributed by atoms with Gasteiger partial charge in [-0.3, -0.25) is 4.79 Å². The second kappa shape index (κ2) is 7.04. The number of hydrogen-bond donors (Lipinski definition) is 2. The van der Waals surface area contributed by atoms with E-state index in [-0.39, 0.29) is 17.9 Å². The minimum absolute atomic E-state index is 0.00303. The number of fused-ring (bicyclic) bond motifs is 5. The second-order valence-electron chi connectivity index (χ2n) is 11.1. The molecule has 4 rings (SSSR count). The van der Waals surface area contributed by atoms with Crippen molar-refractivity contribution >= 4 is 5.97 Å². The van der Waals surface area contributed by atoms with Gasteiger partial charge >= 0.3 is 5.97 Å². The Labute approximate surface area is 165 Å². The minimum Gasteiger partial charge on any atom is -0.481 e. The van der Waals surface area contributed by atoms with Crippen LogP contribution in [0.2, 0.25) is 0 Å². The van der Waals surface area contributed by atoms with Crippen LogP contribution in [0.25, 0.3) is 0 Å². The van der Waals surface area contributed by atoms with Gasteiger partial charge in [-0.1, -0.05) is 33.6 Å². The van der Waals surface area contributed by atoms with Crippen LogP contribution in [-0.2, 0) is 4.79 Å². The van der Waals surface area contributed by atoms with Crippen molar-refractivity contribution in [1.29, 1.82) is 0 Å². The predicted molar refractivity (Wildman–Crippen MR) is 107 cm³/mol. The van der Waals surface area contributed by atoms with E-state index in [4.69, 9.17) is 5.11 Å². The molecule has 2 N–H and O–H groups in total. The first-order valence-electron chi connectivity index (χ1n) is 11.7. The van der Waals surface area contributed by atoms with Crippen molar-refractivity contribution in [1.82, 2.24) is 0 Å². The smallest absolute Gasteiger partial charge is 0.303 e. The lowest BCUT2D eigenvalue weighted by molar-refractivity contribution is -0.168. The van der Waals surface area contributed by atoms with Crippen LogP contribution in [0.5, 0.6) is 0 Å². The summed E-state index contributed by atoms with van der Waals surface area (Å²) in [4.78, 5) is 11.1. The Morgan fingerprint density at radius 2 is 1.85 bits per heavy atom. The Balaban J connectivity index is 1.57. The summed E-state index contributed by atoms with van der Waals surface area (Å²) in [6.45, 7) is 7.16. The van der Waals surface area contributed by atoms with Crippen molar-refractivity contribution in [2.45, 2.75) is 97.5 Å². The van der Waals surface area contributed by atoms with Gasteiger partial charge in [0.1, 0.15) is 0 Å². The number of carboxylic acid groups (broad SMARTS) is 1. The van der Waals surface area contributed by atoms with Gasteiger partial charge in [-0.2, -0.15) is 0 Å². The van der Waals surface area contributed by atoms with Crippen LogP contribution in [0.4, 0.5) is 0 Å². The molecule has 0 bridgehead atoms. The van der Waals surface area contributed by atoms with Gasteiger partial charge in [-0.15, -0.1) is 0 Å². The molecule has 0 aliphatic heterocycles. The topological polar surface area (TPSA) is 57.5 Å². The van der Waals surface area contributed by atoms with Gasteiger partial charge in [0.25, 0.3) is 0 Å². The van der Waals surface area contributed by atoms with E-state index in [9.17, 15) is 9.90 Å². The Morgan fingerprint density at radius 1 is 1.07 bits per heavy atom. The first-order valence-corrected chi connectivity index (χ1v) is 11.7. The molecule has 0 aromatic heterocycles. The Morgan fingerprint density at radius 3 is 2.59 bits per heavy atom. The van der Waals surface area contributed by atoms with Crippen molar-refractivity contribution in [3.05, 3.63) is 0 Å². The van der Waals surface area contributed by atoms with Crippen LogP contribution in [0, 0.1) is 46.3 Å². The van der Waals surface area contributed by atoms with Crippen molar-refractivity contribution in [2.24, 2.45) is 46.3 Å². The van der Waals surface area contributed by atoms with Crippen molar-refractivity contribution in [3.63, 3.8) is 0 Å². The number of hydrogen-bond acceptors (Lipinski definition) is 2. The third kappa shape index (κ3) is 2.98.